The lowest BCUT2D eigenvalue weighted by Crippen LogP contribution is -2.45. The van der Waals surface area contributed by atoms with E-state index in [9.17, 15) is 5.11 Å². The summed E-state index contributed by atoms with van der Waals surface area (Å²) < 4.78 is 10.5. The largest absolute Gasteiger partial charge is 0.393 e. The van der Waals surface area contributed by atoms with Gasteiger partial charge in [-0.15, -0.1) is 0 Å². The Morgan fingerprint density at radius 2 is 2.00 bits per heavy atom. The van der Waals surface area contributed by atoms with Crippen LogP contribution in [0.3, 0.4) is 0 Å². The molecule has 0 aliphatic heterocycles. The van der Waals surface area contributed by atoms with Gasteiger partial charge in [0.15, 0.2) is 0 Å². The highest BCUT2D eigenvalue weighted by Gasteiger charge is 2.31. The van der Waals surface area contributed by atoms with Crippen molar-refractivity contribution >= 4 is 0 Å². The smallest absolute Gasteiger partial charge is 0.0615 e. The molecular weight excluding hydrogens is 266 g/mol. The van der Waals surface area contributed by atoms with E-state index in [2.05, 4.69) is 18.7 Å². The minimum absolute atomic E-state index is 0.141. The molecule has 1 aliphatic rings. The lowest BCUT2D eigenvalue weighted by molar-refractivity contribution is 0.00239. The molecule has 0 heterocycles. The molecule has 1 N–H and O–H groups in total. The van der Waals surface area contributed by atoms with Gasteiger partial charge in [0.05, 0.1) is 19.3 Å². The minimum Gasteiger partial charge on any atom is -0.393 e. The lowest BCUT2D eigenvalue weighted by atomic mass is 9.77. The van der Waals surface area contributed by atoms with E-state index in [1.54, 1.807) is 14.2 Å². The zero-order valence-corrected chi connectivity index (χ0v) is 14.4. The van der Waals surface area contributed by atoms with Gasteiger partial charge >= 0.3 is 0 Å². The number of hydrogen-bond donors (Lipinski definition) is 1. The molecule has 0 aromatic heterocycles. The average molecular weight is 301 g/mol. The topological polar surface area (TPSA) is 41.9 Å². The first-order chi connectivity index (χ1) is 10.1. The van der Waals surface area contributed by atoms with Crippen LogP contribution in [0.1, 0.15) is 46.0 Å². The zero-order valence-electron chi connectivity index (χ0n) is 14.4. The number of ether oxygens (including phenoxy) is 2. The Balaban J connectivity index is 2.57. The molecule has 0 spiro atoms. The Kier molecular flexibility index (Phi) is 9.49. The molecule has 1 fully saturated rings. The van der Waals surface area contributed by atoms with Crippen LogP contribution in [0.15, 0.2) is 0 Å². The quantitative estimate of drug-likeness (QED) is 0.673. The maximum Gasteiger partial charge on any atom is 0.0615 e. The van der Waals surface area contributed by atoms with E-state index in [-0.39, 0.29) is 6.10 Å². The van der Waals surface area contributed by atoms with Gasteiger partial charge in [-0.05, 0) is 38.0 Å². The Hall–Kier alpha value is -0.160. The van der Waals surface area contributed by atoms with Crippen LogP contribution in [0.4, 0.5) is 0 Å². The van der Waals surface area contributed by atoms with Gasteiger partial charge < -0.3 is 14.6 Å². The second-order valence-electron chi connectivity index (χ2n) is 6.59. The predicted octanol–water partition coefficient (Wildman–Crippen LogP) is 2.55. The second kappa shape index (κ2) is 10.5. The number of nitrogens with zero attached hydrogens (tertiary/aromatic N) is 1. The normalized spacial score (nSPS) is 28.0. The Morgan fingerprint density at radius 3 is 2.62 bits per heavy atom. The van der Waals surface area contributed by atoms with Gasteiger partial charge in [-0.1, -0.05) is 19.8 Å². The summed E-state index contributed by atoms with van der Waals surface area (Å²) in [5.74, 6) is 1.19. The maximum atomic E-state index is 10.4. The summed E-state index contributed by atoms with van der Waals surface area (Å²) in [5, 5.41) is 10.4. The summed E-state index contributed by atoms with van der Waals surface area (Å²) in [7, 11) is 3.49. The molecule has 1 aliphatic carbocycles. The van der Waals surface area contributed by atoms with E-state index in [0.29, 0.717) is 12.0 Å². The van der Waals surface area contributed by atoms with Crippen LogP contribution in [0.25, 0.3) is 0 Å². The van der Waals surface area contributed by atoms with Gasteiger partial charge in [0.1, 0.15) is 0 Å². The average Bonchev–Trinajstić information content (AvgIpc) is 2.47. The Morgan fingerprint density at radius 1 is 1.24 bits per heavy atom. The zero-order chi connectivity index (χ0) is 15.7. The van der Waals surface area contributed by atoms with Crippen molar-refractivity contribution in [3.63, 3.8) is 0 Å². The van der Waals surface area contributed by atoms with E-state index in [1.807, 2.05) is 0 Å². The molecule has 4 heteroatoms. The molecule has 0 aromatic carbocycles. The molecule has 4 nitrogen and oxygen atoms in total. The van der Waals surface area contributed by atoms with Crippen molar-refractivity contribution in [3.8, 4) is 0 Å². The highest BCUT2D eigenvalue weighted by molar-refractivity contribution is 4.83. The number of rotatable bonds is 10. The van der Waals surface area contributed by atoms with Crippen LogP contribution in [0.2, 0.25) is 0 Å². The molecule has 1 rings (SSSR count). The predicted molar refractivity (Wildman–Crippen MR) is 86.5 cm³/mol. The standard InChI is InChI=1S/C17H35NO3/c1-5-6-15-7-8-17(19)16(11-15)12-18(9-10-20-3)14(2)13-21-4/h14-17,19H,5-13H2,1-4H3. The summed E-state index contributed by atoms with van der Waals surface area (Å²) in [6.45, 7) is 7.77. The Bertz CT molecular complexity index is 262. The molecule has 0 aromatic rings. The van der Waals surface area contributed by atoms with Crippen LogP contribution in [0.5, 0.6) is 0 Å². The number of methoxy groups -OCH3 is 2. The van der Waals surface area contributed by atoms with Gasteiger partial charge in [0.25, 0.3) is 0 Å². The number of aliphatic hydroxyl groups is 1. The molecule has 1 saturated carbocycles. The highest BCUT2D eigenvalue weighted by atomic mass is 16.5. The monoisotopic (exact) mass is 301 g/mol. The van der Waals surface area contributed by atoms with Crippen molar-refractivity contribution in [3.05, 3.63) is 0 Å². The van der Waals surface area contributed by atoms with Crippen molar-refractivity contribution in [2.45, 2.75) is 58.1 Å². The first-order valence-electron chi connectivity index (χ1n) is 8.52. The van der Waals surface area contributed by atoms with E-state index < -0.39 is 0 Å². The molecule has 4 unspecified atom stereocenters. The van der Waals surface area contributed by atoms with Crippen LogP contribution in [-0.4, -0.2) is 62.7 Å². The fourth-order valence-electron chi connectivity index (χ4n) is 3.56. The van der Waals surface area contributed by atoms with Crippen LogP contribution in [-0.2, 0) is 9.47 Å². The molecule has 4 atom stereocenters. The van der Waals surface area contributed by atoms with Gasteiger partial charge in [0, 0.05) is 33.4 Å². The van der Waals surface area contributed by atoms with Crippen molar-refractivity contribution in [1.29, 1.82) is 0 Å². The molecular formula is C17H35NO3. The van der Waals surface area contributed by atoms with Crippen LogP contribution < -0.4 is 0 Å². The van der Waals surface area contributed by atoms with Gasteiger partial charge in [-0.3, -0.25) is 4.90 Å². The van der Waals surface area contributed by atoms with Crippen molar-refractivity contribution in [2.24, 2.45) is 11.8 Å². The molecule has 21 heavy (non-hydrogen) atoms. The SMILES string of the molecule is CCCC1CCC(O)C(CN(CCOC)C(C)COC)C1. The summed E-state index contributed by atoms with van der Waals surface area (Å²) in [4.78, 5) is 2.41. The fraction of sp³-hybridized carbons (Fsp3) is 1.00. The third-order valence-corrected chi connectivity index (χ3v) is 4.83. The van der Waals surface area contributed by atoms with Crippen molar-refractivity contribution < 1.29 is 14.6 Å². The number of hydrogen-bond acceptors (Lipinski definition) is 4. The second-order valence-corrected chi connectivity index (χ2v) is 6.59. The van der Waals surface area contributed by atoms with E-state index in [1.165, 1.54) is 19.3 Å². The van der Waals surface area contributed by atoms with E-state index in [4.69, 9.17) is 9.47 Å². The van der Waals surface area contributed by atoms with Gasteiger partial charge in [0.2, 0.25) is 0 Å². The summed E-state index contributed by atoms with van der Waals surface area (Å²) in [6.07, 6.45) is 5.73. The molecule has 0 saturated heterocycles. The first-order valence-corrected chi connectivity index (χ1v) is 8.52. The third kappa shape index (κ3) is 6.64. The molecule has 126 valence electrons. The number of aliphatic hydroxyl groups excluding tert-OH is 1. The first kappa shape index (κ1) is 18.9. The Labute approximate surface area is 130 Å². The summed E-state index contributed by atoms with van der Waals surface area (Å²) in [6, 6.07) is 0.365. The highest BCUT2D eigenvalue weighted by Crippen LogP contribution is 2.33. The fourth-order valence-corrected chi connectivity index (χ4v) is 3.56. The summed E-state index contributed by atoms with van der Waals surface area (Å²) >= 11 is 0. The molecule has 0 radical (unpaired) electrons. The minimum atomic E-state index is -0.141. The van der Waals surface area contributed by atoms with Crippen molar-refractivity contribution in [1.82, 2.24) is 4.90 Å². The van der Waals surface area contributed by atoms with Crippen LogP contribution >= 0.6 is 0 Å². The van der Waals surface area contributed by atoms with Crippen molar-refractivity contribution in [2.75, 3.05) is 40.5 Å². The van der Waals surface area contributed by atoms with Crippen LogP contribution in [0, 0.1) is 11.8 Å². The molecule has 0 bridgehead atoms. The van der Waals surface area contributed by atoms with Gasteiger partial charge in [-0.2, -0.15) is 0 Å². The third-order valence-electron chi connectivity index (χ3n) is 4.83. The van der Waals surface area contributed by atoms with E-state index in [0.717, 1.165) is 45.1 Å². The van der Waals surface area contributed by atoms with E-state index >= 15 is 0 Å². The molecule has 0 amide bonds. The van der Waals surface area contributed by atoms with Gasteiger partial charge in [-0.25, -0.2) is 0 Å². The summed E-state index contributed by atoms with van der Waals surface area (Å²) in [5.41, 5.74) is 0. The maximum absolute atomic E-state index is 10.4. The lowest BCUT2D eigenvalue weighted by Gasteiger charge is -2.38.